The van der Waals surface area contributed by atoms with Crippen LogP contribution in [0, 0.1) is 0 Å². The lowest BCUT2D eigenvalue weighted by atomic mass is 9.97. The molecule has 1 aliphatic rings. The zero-order valence-electron chi connectivity index (χ0n) is 11.7. The molecule has 1 N–H and O–H groups in total. The third kappa shape index (κ3) is 4.74. The normalized spacial score (nSPS) is 17.1. The number of aromatic nitrogens is 3. The molecule has 0 aromatic carbocycles. The second-order valence-corrected chi connectivity index (χ2v) is 6.04. The fraction of sp³-hybridized carbons (Fsp3) is 0.692. The Kier molecular flexibility index (Phi) is 5.69. The zero-order chi connectivity index (χ0) is 15.3. The quantitative estimate of drug-likeness (QED) is 0.646. The number of allylic oxidation sites excluding steroid dienone is 1. The van der Waals surface area contributed by atoms with Crippen LogP contribution in [0.1, 0.15) is 31.0 Å². The molecule has 21 heavy (non-hydrogen) atoms. The lowest BCUT2D eigenvalue weighted by molar-refractivity contribution is -0.129. The lowest BCUT2D eigenvalue weighted by Crippen LogP contribution is -2.28. The van der Waals surface area contributed by atoms with Gasteiger partial charge in [-0.25, -0.2) is 0 Å². The Balaban J connectivity index is 2.06. The SMILES string of the molecule is C=CCn1c(SCCC(F)(F)F)nnc1C1CCNCC1. The van der Waals surface area contributed by atoms with Crippen molar-refractivity contribution in [2.75, 3.05) is 18.8 Å². The van der Waals surface area contributed by atoms with Gasteiger partial charge in [0.25, 0.3) is 0 Å². The highest BCUT2D eigenvalue weighted by atomic mass is 32.2. The molecule has 1 aromatic rings. The molecule has 1 saturated heterocycles. The smallest absolute Gasteiger partial charge is 0.317 e. The number of rotatable bonds is 6. The van der Waals surface area contributed by atoms with Crippen molar-refractivity contribution in [1.29, 1.82) is 0 Å². The molecule has 2 heterocycles. The van der Waals surface area contributed by atoms with Crippen LogP contribution >= 0.6 is 11.8 Å². The third-order valence-electron chi connectivity index (χ3n) is 3.38. The van der Waals surface area contributed by atoms with Crippen LogP contribution in [-0.2, 0) is 6.54 Å². The van der Waals surface area contributed by atoms with Crippen molar-refractivity contribution in [3.8, 4) is 0 Å². The predicted octanol–water partition coefficient (Wildman–Crippen LogP) is 2.98. The zero-order valence-corrected chi connectivity index (χ0v) is 12.5. The fourth-order valence-corrected chi connectivity index (χ4v) is 3.29. The summed E-state index contributed by atoms with van der Waals surface area (Å²) in [5, 5.41) is 12.1. The van der Waals surface area contributed by atoms with Crippen LogP contribution < -0.4 is 5.32 Å². The summed E-state index contributed by atoms with van der Waals surface area (Å²) in [6, 6.07) is 0. The van der Waals surface area contributed by atoms with Crippen molar-refractivity contribution in [2.24, 2.45) is 0 Å². The second kappa shape index (κ2) is 7.31. The Morgan fingerprint density at radius 1 is 1.33 bits per heavy atom. The van der Waals surface area contributed by atoms with Crippen molar-refractivity contribution in [1.82, 2.24) is 20.1 Å². The van der Waals surface area contributed by atoms with Crippen LogP contribution in [0.4, 0.5) is 13.2 Å². The minimum absolute atomic E-state index is 0.0367. The second-order valence-electron chi connectivity index (χ2n) is 4.98. The topological polar surface area (TPSA) is 42.7 Å². The van der Waals surface area contributed by atoms with E-state index in [0.29, 0.717) is 17.6 Å². The van der Waals surface area contributed by atoms with Gasteiger partial charge in [-0.3, -0.25) is 0 Å². The van der Waals surface area contributed by atoms with Gasteiger partial charge in [-0.2, -0.15) is 13.2 Å². The number of piperidine rings is 1. The highest BCUT2D eigenvalue weighted by Gasteiger charge is 2.27. The lowest BCUT2D eigenvalue weighted by Gasteiger charge is -2.22. The summed E-state index contributed by atoms with van der Waals surface area (Å²) in [4.78, 5) is 0. The number of nitrogens with zero attached hydrogens (tertiary/aromatic N) is 3. The average Bonchev–Trinajstić information content (AvgIpc) is 2.82. The number of thioether (sulfide) groups is 1. The molecule has 0 unspecified atom stereocenters. The summed E-state index contributed by atoms with van der Waals surface area (Å²) in [5.74, 6) is 1.15. The van der Waals surface area contributed by atoms with E-state index in [1.54, 1.807) is 6.08 Å². The molecular weight excluding hydrogens is 301 g/mol. The number of nitrogens with one attached hydrogen (secondary N) is 1. The average molecular weight is 320 g/mol. The molecule has 4 nitrogen and oxygen atoms in total. The van der Waals surface area contributed by atoms with E-state index in [-0.39, 0.29) is 5.75 Å². The molecule has 1 fully saturated rings. The van der Waals surface area contributed by atoms with E-state index in [9.17, 15) is 13.2 Å². The van der Waals surface area contributed by atoms with E-state index in [1.165, 1.54) is 0 Å². The molecule has 0 spiro atoms. The van der Waals surface area contributed by atoms with Crippen molar-refractivity contribution in [2.45, 2.75) is 43.1 Å². The Hall–Kier alpha value is -1.02. The Morgan fingerprint density at radius 2 is 2.05 bits per heavy atom. The molecule has 1 aliphatic heterocycles. The van der Waals surface area contributed by atoms with E-state index in [4.69, 9.17) is 0 Å². The summed E-state index contributed by atoms with van der Waals surface area (Å²) in [6.07, 6.45) is -1.28. The van der Waals surface area contributed by atoms with Crippen molar-refractivity contribution >= 4 is 11.8 Å². The van der Waals surface area contributed by atoms with Crippen LogP contribution in [0.25, 0.3) is 0 Å². The Labute approximate surface area is 126 Å². The highest BCUT2D eigenvalue weighted by molar-refractivity contribution is 7.99. The van der Waals surface area contributed by atoms with Crippen LogP contribution in [0.5, 0.6) is 0 Å². The minimum atomic E-state index is -4.13. The van der Waals surface area contributed by atoms with Gasteiger partial charge in [0, 0.05) is 18.2 Å². The van der Waals surface area contributed by atoms with Crippen LogP contribution in [0.15, 0.2) is 17.8 Å². The summed E-state index contributed by atoms with van der Waals surface area (Å²) in [6.45, 7) is 6.10. The standard InChI is InChI=1S/C13H19F3N4S/c1-2-8-20-11(10-3-6-17-7-4-10)18-19-12(20)21-9-5-13(14,15)16/h2,10,17H,1,3-9H2. The highest BCUT2D eigenvalue weighted by Crippen LogP contribution is 2.29. The van der Waals surface area contributed by atoms with Crippen molar-refractivity contribution in [3.05, 3.63) is 18.5 Å². The minimum Gasteiger partial charge on any atom is -0.317 e. The molecule has 118 valence electrons. The number of alkyl halides is 3. The van der Waals surface area contributed by atoms with E-state index in [1.807, 2.05) is 4.57 Å². The van der Waals surface area contributed by atoms with Gasteiger partial charge in [-0.1, -0.05) is 17.8 Å². The monoisotopic (exact) mass is 320 g/mol. The first kappa shape index (κ1) is 16.4. The van der Waals surface area contributed by atoms with Gasteiger partial charge in [0.05, 0.1) is 6.42 Å². The van der Waals surface area contributed by atoms with Gasteiger partial charge in [0.15, 0.2) is 5.16 Å². The maximum atomic E-state index is 12.2. The Bertz CT molecular complexity index is 466. The van der Waals surface area contributed by atoms with E-state index in [2.05, 4.69) is 22.1 Å². The molecule has 8 heteroatoms. The van der Waals surface area contributed by atoms with Gasteiger partial charge < -0.3 is 9.88 Å². The summed E-state index contributed by atoms with van der Waals surface area (Å²) < 4.78 is 38.6. The van der Waals surface area contributed by atoms with Gasteiger partial charge in [0.1, 0.15) is 5.82 Å². The fourth-order valence-electron chi connectivity index (χ4n) is 2.35. The first-order valence-electron chi connectivity index (χ1n) is 6.95. The van der Waals surface area contributed by atoms with Crippen molar-refractivity contribution in [3.63, 3.8) is 0 Å². The van der Waals surface area contributed by atoms with Gasteiger partial charge in [0.2, 0.25) is 0 Å². The molecule has 0 bridgehead atoms. The molecule has 0 aliphatic carbocycles. The Morgan fingerprint density at radius 3 is 2.67 bits per heavy atom. The van der Waals surface area contributed by atoms with Crippen LogP contribution in [0.2, 0.25) is 0 Å². The van der Waals surface area contributed by atoms with E-state index < -0.39 is 12.6 Å². The molecule has 0 radical (unpaired) electrons. The van der Waals surface area contributed by atoms with E-state index >= 15 is 0 Å². The number of halogens is 3. The first-order valence-corrected chi connectivity index (χ1v) is 7.94. The third-order valence-corrected chi connectivity index (χ3v) is 4.35. The molecule has 2 rings (SSSR count). The largest absolute Gasteiger partial charge is 0.389 e. The van der Waals surface area contributed by atoms with Gasteiger partial charge in [-0.15, -0.1) is 16.8 Å². The maximum absolute atomic E-state index is 12.2. The van der Waals surface area contributed by atoms with Gasteiger partial charge >= 0.3 is 6.18 Å². The molecule has 0 saturated carbocycles. The molecule has 1 aromatic heterocycles. The maximum Gasteiger partial charge on any atom is 0.389 e. The van der Waals surface area contributed by atoms with Gasteiger partial charge in [-0.05, 0) is 25.9 Å². The summed E-state index contributed by atoms with van der Waals surface area (Å²) in [5.41, 5.74) is 0. The predicted molar refractivity (Wildman–Crippen MR) is 76.5 cm³/mol. The summed E-state index contributed by atoms with van der Waals surface area (Å²) in [7, 11) is 0. The molecule has 0 amide bonds. The number of hydrogen-bond acceptors (Lipinski definition) is 4. The van der Waals surface area contributed by atoms with Crippen molar-refractivity contribution < 1.29 is 13.2 Å². The van der Waals surface area contributed by atoms with Crippen LogP contribution in [-0.4, -0.2) is 39.8 Å². The number of hydrogen-bond donors (Lipinski definition) is 1. The van der Waals surface area contributed by atoms with Crippen LogP contribution in [0.3, 0.4) is 0 Å². The first-order chi connectivity index (χ1) is 10.0. The molecular formula is C13H19F3N4S. The summed E-state index contributed by atoms with van der Waals surface area (Å²) >= 11 is 1.10. The van der Waals surface area contributed by atoms with E-state index in [0.717, 1.165) is 43.5 Å². The molecule has 0 atom stereocenters.